The second-order valence-electron chi connectivity index (χ2n) is 8.74. The highest BCUT2D eigenvalue weighted by Gasteiger charge is 2.39. The molecule has 1 aromatic heterocycles. The molecule has 4 rings (SSSR count). The topological polar surface area (TPSA) is 99.0 Å². The second-order valence-corrected chi connectivity index (χ2v) is 9.11. The number of nitrogens with one attached hydrogen (secondary N) is 1. The van der Waals surface area contributed by atoms with Gasteiger partial charge in [-0.15, -0.1) is 0 Å². The zero-order valence-corrected chi connectivity index (χ0v) is 20.7. The number of aliphatic carboxylic acids is 1. The molecule has 2 atom stereocenters. The first-order chi connectivity index (χ1) is 16.8. The van der Waals surface area contributed by atoms with Crippen molar-refractivity contribution in [1.82, 2.24) is 9.88 Å². The van der Waals surface area contributed by atoms with Gasteiger partial charge >= 0.3 is 5.97 Å². The van der Waals surface area contributed by atoms with Gasteiger partial charge in [-0.25, -0.2) is 0 Å². The van der Waals surface area contributed by atoms with Crippen molar-refractivity contribution < 1.29 is 28.9 Å². The van der Waals surface area contributed by atoms with Gasteiger partial charge in [-0.3, -0.25) is 9.59 Å². The van der Waals surface area contributed by atoms with E-state index in [2.05, 4.69) is 5.32 Å². The number of carbonyl (C=O) groups excluding carboxylic acids is 1. The number of fused-ring (bicyclic) bond motifs is 1. The van der Waals surface area contributed by atoms with E-state index in [9.17, 15) is 14.7 Å². The number of methoxy groups -OCH3 is 2. The zero-order chi connectivity index (χ0) is 25.2. The number of nitrogens with zero attached hydrogens (tertiary/aromatic N) is 1. The lowest BCUT2D eigenvalue weighted by Gasteiger charge is -2.30. The molecule has 1 aliphatic heterocycles. The summed E-state index contributed by atoms with van der Waals surface area (Å²) >= 11 is 6.48. The summed E-state index contributed by atoms with van der Waals surface area (Å²) in [4.78, 5) is 25.2. The predicted octanol–water partition coefficient (Wildman–Crippen LogP) is 4.09. The van der Waals surface area contributed by atoms with E-state index in [0.29, 0.717) is 54.7 Å². The molecule has 9 heteroatoms. The van der Waals surface area contributed by atoms with Crippen LogP contribution in [0.3, 0.4) is 0 Å². The molecule has 0 spiro atoms. The third-order valence-corrected chi connectivity index (χ3v) is 7.12. The zero-order valence-electron chi connectivity index (χ0n) is 20.0. The highest BCUT2D eigenvalue weighted by atomic mass is 35.5. The van der Waals surface area contributed by atoms with Crippen molar-refractivity contribution in [3.8, 4) is 5.75 Å². The monoisotopic (exact) mass is 500 g/mol. The molecule has 35 heavy (non-hydrogen) atoms. The van der Waals surface area contributed by atoms with Crippen molar-refractivity contribution in [3.63, 3.8) is 0 Å². The first-order valence-corrected chi connectivity index (χ1v) is 11.7. The Morgan fingerprint density at radius 1 is 1.23 bits per heavy atom. The van der Waals surface area contributed by atoms with Crippen LogP contribution in [0.2, 0.25) is 5.02 Å². The van der Waals surface area contributed by atoms with Crippen molar-refractivity contribution in [2.24, 2.45) is 7.05 Å². The molecule has 1 amide bonds. The first kappa shape index (κ1) is 25.0. The normalized spacial score (nSPS) is 18.5. The van der Waals surface area contributed by atoms with Gasteiger partial charge in [0.2, 0.25) is 0 Å². The summed E-state index contributed by atoms with van der Waals surface area (Å²) in [6, 6.07) is 12.8. The Hall–Kier alpha value is -3.07. The van der Waals surface area contributed by atoms with Crippen LogP contribution in [0.1, 0.15) is 40.4 Å². The van der Waals surface area contributed by atoms with Gasteiger partial charge in [0, 0.05) is 39.2 Å². The minimum Gasteiger partial charge on any atom is -0.495 e. The van der Waals surface area contributed by atoms with Crippen molar-refractivity contribution in [1.29, 1.82) is 0 Å². The van der Waals surface area contributed by atoms with E-state index in [1.54, 1.807) is 43.1 Å². The number of halogens is 1. The van der Waals surface area contributed by atoms with Crippen LogP contribution >= 0.6 is 11.6 Å². The van der Waals surface area contributed by atoms with Crippen molar-refractivity contribution in [2.75, 3.05) is 34.0 Å². The van der Waals surface area contributed by atoms with Gasteiger partial charge in [0.15, 0.2) is 0 Å². The third-order valence-electron chi connectivity index (χ3n) is 6.73. The van der Waals surface area contributed by atoms with Gasteiger partial charge < -0.3 is 29.2 Å². The minimum atomic E-state index is -0.895. The number of carbonyl (C=O) groups is 2. The van der Waals surface area contributed by atoms with E-state index in [4.69, 9.17) is 25.8 Å². The predicted molar refractivity (Wildman–Crippen MR) is 132 cm³/mol. The van der Waals surface area contributed by atoms with Crippen LogP contribution in [0, 0.1) is 0 Å². The van der Waals surface area contributed by atoms with Crippen LogP contribution in [-0.2, 0) is 26.9 Å². The Kier molecular flexibility index (Phi) is 7.35. The Balaban J connectivity index is 1.63. The van der Waals surface area contributed by atoms with E-state index < -0.39 is 17.4 Å². The van der Waals surface area contributed by atoms with Gasteiger partial charge in [-0.1, -0.05) is 35.9 Å². The number of rotatable bonds is 9. The molecular formula is C26H29ClN2O6. The summed E-state index contributed by atoms with van der Waals surface area (Å²) in [5.74, 6) is -1.26. The molecule has 1 fully saturated rings. The van der Waals surface area contributed by atoms with Crippen molar-refractivity contribution >= 4 is 34.4 Å². The average molecular weight is 501 g/mol. The Bertz CT molecular complexity index is 1230. The van der Waals surface area contributed by atoms with Crippen LogP contribution in [0.15, 0.2) is 42.5 Å². The SMILES string of the molecule is COCCC(C(=O)O)c1ccc(C2(NC(=O)c3cc4c(Cl)c(OC)ccc4n3C)CCOC2)cc1. The number of hydrogen-bond donors (Lipinski definition) is 2. The molecule has 3 aromatic rings. The molecule has 186 valence electrons. The van der Waals surface area contributed by atoms with Gasteiger partial charge in [0.25, 0.3) is 5.91 Å². The molecule has 0 radical (unpaired) electrons. The summed E-state index contributed by atoms with van der Waals surface area (Å²) < 4.78 is 17.9. The van der Waals surface area contributed by atoms with Crippen LogP contribution < -0.4 is 10.1 Å². The molecule has 2 unspecified atom stereocenters. The minimum absolute atomic E-state index is 0.253. The molecule has 2 heterocycles. The lowest BCUT2D eigenvalue weighted by molar-refractivity contribution is -0.139. The summed E-state index contributed by atoms with van der Waals surface area (Å²) in [6.45, 7) is 1.18. The highest BCUT2D eigenvalue weighted by molar-refractivity contribution is 6.37. The lowest BCUT2D eigenvalue weighted by Crippen LogP contribution is -2.47. The summed E-state index contributed by atoms with van der Waals surface area (Å²) in [5.41, 5.74) is 2.11. The van der Waals surface area contributed by atoms with Crippen LogP contribution in [0.25, 0.3) is 10.9 Å². The van der Waals surface area contributed by atoms with E-state index in [1.807, 2.05) is 25.2 Å². The fraction of sp³-hybridized carbons (Fsp3) is 0.385. The molecule has 2 N–H and O–H groups in total. The molecule has 8 nitrogen and oxygen atoms in total. The number of carboxylic acids is 1. The Morgan fingerprint density at radius 3 is 2.57 bits per heavy atom. The molecule has 0 bridgehead atoms. The molecule has 2 aromatic carbocycles. The number of carboxylic acid groups (broad SMARTS) is 1. The van der Waals surface area contributed by atoms with Crippen LogP contribution in [0.4, 0.5) is 0 Å². The summed E-state index contributed by atoms with van der Waals surface area (Å²) in [7, 11) is 4.92. The number of hydrogen-bond acceptors (Lipinski definition) is 5. The molecule has 1 saturated heterocycles. The second kappa shape index (κ2) is 10.3. The van der Waals surface area contributed by atoms with Gasteiger partial charge in [0.05, 0.1) is 35.7 Å². The maximum atomic E-state index is 13.5. The smallest absolute Gasteiger partial charge is 0.311 e. The first-order valence-electron chi connectivity index (χ1n) is 11.4. The van der Waals surface area contributed by atoms with Crippen molar-refractivity contribution in [2.45, 2.75) is 24.3 Å². The molecule has 0 aliphatic carbocycles. The van der Waals surface area contributed by atoms with E-state index in [-0.39, 0.29) is 5.91 Å². The largest absolute Gasteiger partial charge is 0.495 e. The molecular weight excluding hydrogens is 472 g/mol. The standard InChI is InChI=1S/C26H29ClN2O6/c1-29-20-8-9-22(34-3)23(27)19(20)14-21(29)24(30)28-26(11-13-35-15-26)17-6-4-16(5-7-17)18(25(31)32)10-12-33-2/h4-9,14,18H,10-13,15H2,1-3H3,(H,28,30)(H,31,32). The number of benzene rings is 2. The lowest BCUT2D eigenvalue weighted by atomic mass is 9.86. The van der Waals surface area contributed by atoms with Gasteiger partial charge in [-0.05, 0) is 35.7 Å². The Morgan fingerprint density at radius 2 is 1.97 bits per heavy atom. The van der Waals surface area contributed by atoms with Crippen LogP contribution in [0.5, 0.6) is 5.75 Å². The van der Waals surface area contributed by atoms with E-state index in [0.717, 1.165) is 16.5 Å². The van der Waals surface area contributed by atoms with Crippen LogP contribution in [-0.4, -0.2) is 55.6 Å². The fourth-order valence-corrected chi connectivity index (χ4v) is 4.97. The highest BCUT2D eigenvalue weighted by Crippen LogP contribution is 2.36. The fourth-order valence-electron chi connectivity index (χ4n) is 4.68. The molecule has 0 saturated carbocycles. The number of ether oxygens (including phenoxy) is 3. The summed E-state index contributed by atoms with van der Waals surface area (Å²) in [5, 5.41) is 14.0. The van der Waals surface area contributed by atoms with E-state index in [1.165, 1.54) is 0 Å². The van der Waals surface area contributed by atoms with Gasteiger partial charge in [0.1, 0.15) is 11.4 Å². The van der Waals surface area contributed by atoms with Crippen molar-refractivity contribution in [3.05, 3.63) is 64.3 Å². The third kappa shape index (κ3) is 4.74. The quantitative estimate of drug-likeness (QED) is 0.459. The maximum Gasteiger partial charge on any atom is 0.311 e. The van der Waals surface area contributed by atoms with Gasteiger partial charge in [-0.2, -0.15) is 0 Å². The maximum absolute atomic E-state index is 13.5. The average Bonchev–Trinajstić information content (AvgIpc) is 3.45. The Labute approximate surface area is 208 Å². The molecule has 1 aliphatic rings. The number of amides is 1. The number of aromatic nitrogens is 1. The van der Waals surface area contributed by atoms with E-state index >= 15 is 0 Å². The summed E-state index contributed by atoms with van der Waals surface area (Å²) in [6.07, 6.45) is 0.979. The number of aryl methyl sites for hydroxylation is 1.